The lowest BCUT2D eigenvalue weighted by Crippen LogP contribution is -2.25. The van der Waals surface area contributed by atoms with Crippen molar-refractivity contribution in [3.05, 3.63) is 24.3 Å². The van der Waals surface area contributed by atoms with E-state index in [2.05, 4.69) is 40.9 Å². The Morgan fingerprint density at radius 3 is 2.90 bits per heavy atom. The first kappa shape index (κ1) is 18.0. The molecule has 0 bridgehead atoms. The maximum Gasteiger partial charge on any atom is 0.302 e. The second-order valence-electron chi connectivity index (χ2n) is 5.03. The van der Waals surface area contributed by atoms with Crippen LogP contribution in [0.25, 0.3) is 0 Å². The van der Waals surface area contributed by atoms with E-state index < -0.39 is 0 Å². The number of carbonyl (C=O) groups excluding carboxylic acids is 1. The van der Waals surface area contributed by atoms with E-state index in [1.165, 1.54) is 6.92 Å². The van der Waals surface area contributed by atoms with Crippen molar-refractivity contribution in [2.24, 2.45) is 0 Å². The third kappa shape index (κ3) is 6.50. The molecule has 1 rings (SSSR count). The lowest BCUT2D eigenvalue weighted by Gasteiger charge is -2.17. The molecule has 3 nitrogen and oxygen atoms in total. The predicted molar refractivity (Wildman–Crippen MR) is 88.2 cm³/mol. The first-order valence-electron chi connectivity index (χ1n) is 7.31. The maximum atomic E-state index is 11.2. The van der Waals surface area contributed by atoms with Gasteiger partial charge in [0.1, 0.15) is 6.10 Å². The zero-order valence-electron chi connectivity index (χ0n) is 12.6. The van der Waals surface area contributed by atoms with E-state index in [0.717, 1.165) is 12.8 Å². The van der Waals surface area contributed by atoms with Crippen LogP contribution in [-0.4, -0.2) is 29.1 Å². The van der Waals surface area contributed by atoms with Gasteiger partial charge < -0.3 is 9.47 Å². The van der Waals surface area contributed by atoms with Crippen LogP contribution in [0.1, 0.15) is 39.5 Å². The lowest BCUT2D eigenvalue weighted by molar-refractivity contribution is -0.148. The molecule has 1 saturated heterocycles. The second kappa shape index (κ2) is 9.81. The van der Waals surface area contributed by atoms with E-state index in [9.17, 15) is 4.79 Å². The van der Waals surface area contributed by atoms with Gasteiger partial charge in [0.25, 0.3) is 0 Å². The van der Waals surface area contributed by atoms with E-state index >= 15 is 0 Å². The summed E-state index contributed by atoms with van der Waals surface area (Å²) >= 11 is 3.67. The summed E-state index contributed by atoms with van der Waals surface area (Å²) < 4.78 is 11.4. The van der Waals surface area contributed by atoms with Crippen molar-refractivity contribution in [1.29, 1.82) is 0 Å². The minimum Gasteiger partial charge on any atom is -0.460 e. The van der Waals surface area contributed by atoms with Gasteiger partial charge >= 0.3 is 5.97 Å². The van der Waals surface area contributed by atoms with Gasteiger partial charge in [0.15, 0.2) is 0 Å². The summed E-state index contributed by atoms with van der Waals surface area (Å²) in [5.74, 6) is 2.18. The van der Waals surface area contributed by atoms with E-state index in [1.807, 2.05) is 6.08 Å². The van der Waals surface area contributed by atoms with Crippen LogP contribution < -0.4 is 0 Å². The van der Waals surface area contributed by atoms with Crippen molar-refractivity contribution < 1.29 is 14.3 Å². The fourth-order valence-electron chi connectivity index (χ4n) is 2.34. The van der Waals surface area contributed by atoms with Crippen molar-refractivity contribution in [1.82, 2.24) is 0 Å². The monoisotopic (exact) mass is 354 g/mol. The molecule has 0 spiro atoms. The average molecular weight is 355 g/mol. The van der Waals surface area contributed by atoms with E-state index in [1.54, 1.807) is 6.08 Å². The molecule has 4 atom stereocenters. The summed E-state index contributed by atoms with van der Waals surface area (Å²) in [4.78, 5) is 11.4. The number of halogens is 1. The molecule has 1 heterocycles. The first-order chi connectivity index (χ1) is 10.1. The van der Waals surface area contributed by atoms with Gasteiger partial charge in [-0.05, 0) is 25.3 Å². The number of allylic oxidation sites excluding steroid dienone is 3. The van der Waals surface area contributed by atoms with Crippen LogP contribution in [0, 0.1) is 12.3 Å². The first-order valence-corrected chi connectivity index (χ1v) is 8.22. The highest BCUT2D eigenvalue weighted by Crippen LogP contribution is 2.31. The van der Waals surface area contributed by atoms with Crippen LogP contribution in [0.3, 0.4) is 0 Å². The van der Waals surface area contributed by atoms with Gasteiger partial charge in [-0.3, -0.25) is 4.79 Å². The molecule has 0 radical (unpaired) electrons. The van der Waals surface area contributed by atoms with Gasteiger partial charge in [0.2, 0.25) is 0 Å². The molecule has 0 N–H and O–H groups in total. The topological polar surface area (TPSA) is 35.5 Å². The third-order valence-electron chi connectivity index (χ3n) is 3.30. The second-order valence-corrected chi connectivity index (χ2v) is 6.21. The molecule has 0 unspecified atom stereocenters. The quantitative estimate of drug-likeness (QED) is 0.302. The van der Waals surface area contributed by atoms with Crippen molar-refractivity contribution >= 4 is 21.9 Å². The van der Waals surface area contributed by atoms with Crippen molar-refractivity contribution in [3.8, 4) is 12.3 Å². The predicted octanol–water partition coefficient (Wildman–Crippen LogP) is 3.77. The Kier molecular flexibility index (Phi) is 8.41. The van der Waals surface area contributed by atoms with Gasteiger partial charge in [-0.15, -0.1) is 6.42 Å². The summed E-state index contributed by atoms with van der Waals surface area (Å²) in [7, 11) is 0. The number of alkyl halides is 1. The number of hydrogen-bond donors (Lipinski definition) is 0. The van der Waals surface area contributed by atoms with E-state index in [4.69, 9.17) is 15.9 Å². The minimum absolute atomic E-state index is 0.0418. The molecule has 0 amide bonds. The van der Waals surface area contributed by atoms with Crippen LogP contribution in [0.4, 0.5) is 0 Å². The fraction of sp³-hybridized carbons (Fsp3) is 0.588. The molecular formula is C17H23BrO3. The number of terminal acetylenes is 1. The average Bonchev–Trinajstić information content (AvgIpc) is 2.82. The summed E-state index contributed by atoms with van der Waals surface area (Å²) in [6.07, 6.45) is 16.0. The summed E-state index contributed by atoms with van der Waals surface area (Å²) in [5.41, 5.74) is 0. The van der Waals surface area contributed by atoms with Crippen LogP contribution in [-0.2, 0) is 14.3 Å². The number of esters is 1. The Balaban J connectivity index is 2.61. The van der Waals surface area contributed by atoms with Crippen LogP contribution in [0.15, 0.2) is 24.3 Å². The SMILES string of the molecule is C#C/C=C/C[C@@H]1O[C@H]([C@@H](Br)C/C=C/CC)C[C@@H]1OC(C)=O. The lowest BCUT2D eigenvalue weighted by atomic mass is 10.1. The molecule has 0 aromatic rings. The number of hydrogen-bond acceptors (Lipinski definition) is 3. The highest BCUT2D eigenvalue weighted by Gasteiger charge is 2.39. The Morgan fingerprint density at radius 1 is 1.52 bits per heavy atom. The molecule has 116 valence electrons. The summed E-state index contributed by atoms with van der Waals surface area (Å²) in [6.45, 7) is 3.54. The van der Waals surface area contributed by atoms with Gasteiger partial charge in [-0.2, -0.15) is 0 Å². The van der Waals surface area contributed by atoms with Gasteiger partial charge in [0.05, 0.1) is 12.2 Å². The molecule has 1 aliphatic heterocycles. The smallest absolute Gasteiger partial charge is 0.302 e. The number of ether oxygens (including phenoxy) is 2. The molecule has 4 heteroatoms. The molecular weight excluding hydrogens is 332 g/mol. The Bertz CT molecular complexity index is 422. The fourth-order valence-corrected chi connectivity index (χ4v) is 2.90. The Morgan fingerprint density at radius 2 is 2.29 bits per heavy atom. The van der Waals surface area contributed by atoms with Crippen LogP contribution in [0.5, 0.6) is 0 Å². The Labute approximate surface area is 135 Å². The third-order valence-corrected chi connectivity index (χ3v) is 4.26. The maximum absolute atomic E-state index is 11.2. The van der Waals surface area contributed by atoms with Crippen molar-refractivity contribution in [3.63, 3.8) is 0 Å². The molecule has 21 heavy (non-hydrogen) atoms. The normalized spacial score (nSPS) is 27.0. The largest absolute Gasteiger partial charge is 0.460 e. The highest BCUT2D eigenvalue weighted by atomic mass is 79.9. The van der Waals surface area contributed by atoms with Crippen LogP contribution >= 0.6 is 15.9 Å². The number of carbonyl (C=O) groups is 1. The number of rotatable bonds is 7. The molecule has 0 aromatic carbocycles. The van der Waals surface area contributed by atoms with Crippen molar-refractivity contribution in [2.45, 2.75) is 62.7 Å². The highest BCUT2D eigenvalue weighted by molar-refractivity contribution is 9.09. The van der Waals surface area contributed by atoms with E-state index in [0.29, 0.717) is 12.8 Å². The van der Waals surface area contributed by atoms with Gasteiger partial charge in [-0.1, -0.05) is 47.0 Å². The zero-order valence-corrected chi connectivity index (χ0v) is 14.2. The van der Waals surface area contributed by atoms with E-state index in [-0.39, 0.29) is 29.1 Å². The van der Waals surface area contributed by atoms with Crippen LogP contribution in [0.2, 0.25) is 0 Å². The van der Waals surface area contributed by atoms with Crippen molar-refractivity contribution in [2.75, 3.05) is 0 Å². The summed E-state index contributed by atoms with van der Waals surface area (Å²) in [6, 6.07) is 0. The molecule has 1 aliphatic rings. The standard InChI is InChI=1S/C17H23BrO3/c1-4-6-8-10-14(18)16-12-17(20-13(3)19)15(21-16)11-9-7-5-2/h2,6-9,14-17H,4,10-12H2,1,3H3/b8-6+,9-7+/t14-,15-,16-,17-/m0/s1. The zero-order chi connectivity index (χ0) is 15.7. The molecule has 0 aliphatic carbocycles. The molecule has 1 fully saturated rings. The molecule has 0 aromatic heterocycles. The minimum atomic E-state index is -0.271. The Hall–Kier alpha value is -1.05. The summed E-state index contributed by atoms with van der Waals surface area (Å²) in [5, 5.41) is 0. The van der Waals surface area contributed by atoms with Gasteiger partial charge in [0, 0.05) is 18.2 Å². The molecule has 0 saturated carbocycles. The van der Waals surface area contributed by atoms with Gasteiger partial charge in [-0.25, -0.2) is 0 Å².